The lowest BCUT2D eigenvalue weighted by Gasteiger charge is -2.20. The molecule has 1 amide bonds. The minimum Gasteiger partial charge on any atom is -0.378 e. The first kappa shape index (κ1) is 13.8. The fourth-order valence-corrected chi connectivity index (χ4v) is 2.18. The standard InChI is InChI=1S/C12H22ClNO2/c1-2-11-3-4-12(15)14(7-5-11)8-10-16-9-6-13/h11H,2-10H2,1H3. The van der Waals surface area contributed by atoms with Gasteiger partial charge in [0, 0.05) is 25.4 Å². The quantitative estimate of drug-likeness (QED) is 0.532. The van der Waals surface area contributed by atoms with Crippen molar-refractivity contribution in [1.82, 2.24) is 4.90 Å². The first-order valence-corrected chi connectivity index (χ1v) is 6.72. The van der Waals surface area contributed by atoms with Crippen molar-refractivity contribution in [2.45, 2.75) is 32.6 Å². The number of carbonyl (C=O) groups excluding carboxylic acids is 1. The summed E-state index contributed by atoms with van der Waals surface area (Å²) in [5.41, 5.74) is 0. The van der Waals surface area contributed by atoms with Crippen LogP contribution in [-0.2, 0) is 9.53 Å². The molecule has 16 heavy (non-hydrogen) atoms. The molecule has 0 bridgehead atoms. The first-order chi connectivity index (χ1) is 7.77. The Morgan fingerprint density at radius 2 is 2.25 bits per heavy atom. The highest BCUT2D eigenvalue weighted by Crippen LogP contribution is 2.20. The van der Waals surface area contributed by atoms with Gasteiger partial charge in [-0.3, -0.25) is 4.79 Å². The van der Waals surface area contributed by atoms with E-state index in [9.17, 15) is 4.79 Å². The van der Waals surface area contributed by atoms with E-state index in [1.54, 1.807) is 0 Å². The lowest BCUT2D eigenvalue weighted by molar-refractivity contribution is -0.131. The minimum absolute atomic E-state index is 0.283. The monoisotopic (exact) mass is 247 g/mol. The van der Waals surface area contributed by atoms with Crippen LogP contribution >= 0.6 is 11.6 Å². The van der Waals surface area contributed by atoms with Crippen LogP contribution in [0.3, 0.4) is 0 Å². The normalized spacial score (nSPS) is 22.2. The maximum atomic E-state index is 11.8. The Kier molecular flexibility index (Phi) is 6.81. The predicted octanol–water partition coefficient (Wildman–Crippen LogP) is 2.28. The van der Waals surface area contributed by atoms with Crippen LogP contribution in [0.1, 0.15) is 32.6 Å². The highest BCUT2D eigenvalue weighted by molar-refractivity contribution is 6.17. The van der Waals surface area contributed by atoms with Gasteiger partial charge < -0.3 is 9.64 Å². The SMILES string of the molecule is CCC1CCC(=O)N(CCOCCCl)CC1. The van der Waals surface area contributed by atoms with Gasteiger partial charge in [0.25, 0.3) is 0 Å². The molecule has 0 spiro atoms. The molecule has 4 heteroatoms. The molecule has 0 radical (unpaired) electrons. The van der Waals surface area contributed by atoms with Crippen LogP contribution in [0.2, 0.25) is 0 Å². The summed E-state index contributed by atoms with van der Waals surface area (Å²) < 4.78 is 5.30. The molecule has 1 fully saturated rings. The summed E-state index contributed by atoms with van der Waals surface area (Å²) >= 11 is 5.51. The van der Waals surface area contributed by atoms with Crippen LogP contribution in [0.5, 0.6) is 0 Å². The number of halogens is 1. The molecule has 1 saturated heterocycles. The van der Waals surface area contributed by atoms with E-state index < -0.39 is 0 Å². The molecule has 0 N–H and O–H groups in total. The van der Waals surface area contributed by atoms with Crippen molar-refractivity contribution in [3.05, 3.63) is 0 Å². The van der Waals surface area contributed by atoms with Crippen LogP contribution in [0.15, 0.2) is 0 Å². The van der Waals surface area contributed by atoms with Crippen molar-refractivity contribution in [2.75, 3.05) is 32.2 Å². The first-order valence-electron chi connectivity index (χ1n) is 6.19. The maximum absolute atomic E-state index is 11.8. The molecule has 0 aromatic heterocycles. The van der Waals surface area contributed by atoms with E-state index >= 15 is 0 Å². The molecular formula is C12H22ClNO2. The molecule has 0 aromatic rings. The highest BCUT2D eigenvalue weighted by atomic mass is 35.5. The van der Waals surface area contributed by atoms with Gasteiger partial charge in [-0.15, -0.1) is 11.6 Å². The zero-order valence-electron chi connectivity index (χ0n) is 10.1. The van der Waals surface area contributed by atoms with Crippen molar-refractivity contribution in [3.63, 3.8) is 0 Å². The molecule has 1 aliphatic heterocycles. The Morgan fingerprint density at radius 1 is 1.44 bits per heavy atom. The molecule has 1 rings (SSSR count). The van der Waals surface area contributed by atoms with Gasteiger partial charge in [0.15, 0.2) is 0 Å². The largest absolute Gasteiger partial charge is 0.378 e. The number of nitrogens with zero attached hydrogens (tertiary/aromatic N) is 1. The van der Waals surface area contributed by atoms with Crippen molar-refractivity contribution in [2.24, 2.45) is 5.92 Å². The van der Waals surface area contributed by atoms with Crippen molar-refractivity contribution < 1.29 is 9.53 Å². The van der Waals surface area contributed by atoms with E-state index in [-0.39, 0.29) is 5.91 Å². The van der Waals surface area contributed by atoms with Crippen LogP contribution in [0.25, 0.3) is 0 Å². The number of rotatable bonds is 6. The van der Waals surface area contributed by atoms with E-state index in [1.165, 1.54) is 6.42 Å². The molecule has 3 nitrogen and oxygen atoms in total. The summed E-state index contributed by atoms with van der Waals surface area (Å²) in [6.07, 6.45) is 4.07. The topological polar surface area (TPSA) is 29.5 Å². The highest BCUT2D eigenvalue weighted by Gasteiger charge is 2.20. The lowest BCUT2D eigenvalue weighted by Crippen LogP contribution is -2.33. The van der Waals surface area contributed by atoms with E-state index in [2.05, 4.69) is 6.92 Å². The molecular weight excluding hydrogens is 226 g/mol. The number of hydrogen-bond acceptors (Lipinski definition) is 2. The van der Waals surface area contributed by atoms with E-state index in [4.69, 9.17) is 16.3 Å². The van der Waals surface area contributed by atoms with Crippen molar-refractivity contribution in [1.29, 1.82) is 0 Å². The van der Waals surface area contributed by atoms with Gasteiger partial charge in [0.1, 0.15) is 0 Å². The second-order valence-corrected chi connectivity index (χ2v) is 4.66. The number of amides is 1. The molecule has 0 aliphatic carbocycles. The third-order valence-corrected chi connectivity index (χ3v) is 3.39. The maximum Gasteiger partial charge on any atom is 0.222 e. The number of likely N-dealkylation sites (tertiary alicyclic amines) is 1. The Hall–Kier alpha value is -0.280. The second kappa shape index (κ2) is 7.91. The Bertz CT molecular complexity index is 211. The third-order valence-electron chi connectivity index (χ3n) is 3.23. The number of carbonyl (C=O) groups is 1. The van der Waals surface area contributed by atoms with Gasteiger partial charge in [-0.2, -0.15) is 0 Å². The number of hydrogen-bond donors (Lipinski definition) is 0. The summed E-state index contributed by atoms with van der Waals surface area (Å²) in [6.45, 7) is 4.98. The Balaban J connectivity index is 2.26. The fraction of sp³-hybridized carbons (Fsp3) is 0.917. The predicted molar refractivity (Wildman–Crippen MR) is 65.8 cm³/mol. The van der Waals surface area contributed by atoms with Crippen molar-refractivity contribution in [3.8, 4) is 0 Å². The van der Waals surface area contributed by atoms with Gasteiger partial charge in [-0.25, -0.2) is 0 Å². The summed E-state index contributed by atoms with van der Waals surface area (Å²) in [5, 5.41) is 0. The van der Waals surface area contributed by atoms with Crippen LogP contribution in [0, 0.1) is 5.92 Å². The van der Waals surface area contributed by atoms with Gasteiger partial charge in [-0.05, 0) is 18.8 Å². The molecule has 0 saturated carbocycles. The van der Waals surface area contributed by atoms with Gasteiger partial charge in [0.05, 0.1) is 13.2 Å². The average Bonchev–Trinajstić information content (AvgIpc) is 2.47. The second-order valence-electron chi connectivity index (χ2n) is 4.28. The van der Waals surface area contributed by atoms with Gasteiger partial charge in [0.2, 0.25) is 5.91 Å². The van der Waals surface area contributed by atoms with Gasteiger partial charge >= 0.3 is 0 Å². The summed E-state index contributed by atoms with van der Waals surface area (Å²) in [7, 11) is 0. The molecule has 94 valence electrons. The molecule has 1 aliphatic rings. The van der Waals surface area contributed by atoms with Gasteiger partial charge in [-0.1, -0.05) is 13.3 Å². The van der Waals surface area contributed by atoms with E-state index in [0.29, 0.717) is 32.1 Å². The van der Waals surface area contributed by atoms with Crippen LogP contribution in [-0.4, -0.2) is 43.0 Å². The Morgan fingerprint density at radius 3 is 2.94 bits per heavy atom. The molecule has 1 unspecified atom stereocenters. The van der Waals surface area contributed by atoms with E-state index in [0.717, 1.165) is 25.3 Å². The van der Waals surface area contributed by atoms with Crippen LogP contribution in [0.4, 0.5) is 0 Å². The summed E-state index contributed by atoms with van der Waals surface area (Å²) in [4.78, 5) is 13.7. The molecule has 1 heterocycles. The smallest absolute Gasteiger partial charge is 0.222 e. The van der Waals surface area contributed by atoms with Crippen LogP contribution < -0.4 is 0 Å². The summed E-state index contributed by atoms with van der Waals surface area (Å²) in [6, 6.07) is 0. The zero-order chi connectivity index (χ0) is 11.8. The zero-order valence-corrected chi connectivity index (χ0v) is 10.8. The lowest BCUT2D eigenvalue weighted by atomic mass is 9.98. The Labute approximate surface area is 103 Å². The van der Waals surface area contributed by atoms with E-state index in [1.807, 2.05) is 4.90 Å². The number of ether oxygens (including phenoxy) is 1. The number of alkyl halides is 1. The molecule has 0 aromatic carbocycles. The minimum atomic E-state index is 0.283. The average molecular weight is 248 g/mol. The van der Waals surface area contributed by atoms with Crippen molar-refractivity contribution >= 4 is 17.5 Å². The fourth-order valence-electron chi connectivity index (χ4n) is 2.07. The molecule has 1 atom stereocenters. The summed E-state index contributed by atoms with van der Waals surface area (Å²) in [5.74, 6) is 1.52. The third kappa shape index (κ3) is 4.71.